The molecule has 0 aliphatic rings. The van der Waals surface area contributed by atoms with Crippen molar-refractivity contribution in [2.24, 2.45) is 0 Å². The molecular weight excluding hydrogens is 152 g/mol. The molecule has 1 rings (SSSR count). The van der Waals surface area contributed by atoms with Crippen molar-refractivity contribution >= 4 is 16.6 Å². The van der Waals surface area contributed by atoms with E-state index < -0.39 is 0 Å². The van der Waals surface area contributed by atoms with Gasteiger partial charge in [-0.3, -0.25) is 0 Å². The van der Waals surface area contributed by atoms with Gasteiger partial charge >= 0.3 is 0 Å². The summed E-state index contributed by atoms with van der Waals surface area (Å²) in [5.74, 6) is 0. The molecule has 2 heteroatoms. The minimum atomic E-state index is 0.582. The minimum Gasteiger partial charge on any atom is -0.414 e. The SMILES string of the molecule is C=Cc1cccc(CO[Si])c1. The van der Waals surface area contributed by atoms with Gasteiger partial charge in [-0.15, -0.1) is 0 Å². The second kappa shape index (κ2) is 4.11. The molecule has 0 saturated carbocycles. The van der Waals surface area contributed by atoms with Crippen LogP contribution < -0.4 is 0 Å². The van der Waals surface area contributed by atoms with Gasteiger partial charge in [0, 0.05) is 0 Å². The maximum absolute atomic E-state index is 4.80. The van der Waals surface area contributed by atoms with Gasteiger partial charge in [0.2, 0.25) is 10.5 Å². The molecule has 1 aromatic carbocycles. The molecule has 11 heavy (non-hydrogen) atoms. The molecular formula is C9H9OSi. The van der Waals surface area contributed by atoms with Crippen molar-refractivity contribution in [3.8, 4) is 0 Å². The Hall–Kier alpha value is -0.863. The quantitative estimate of drug-likeness (QED) is 0.615. The Kier molecular flexibility index (Phi) is 3.07. The molecule has 0 aliphatic heterocycles. The van der Waals surface area contributed by atoms with Gasteiger partial charge < -0.3 is 4.43 Å². The highest BCUT2D eigenvalue weighted by Gasteiger charge is 1.90. The van der Waals surface area contributed by atoms with Crippen molar-refractivity contribution in [3.63, 3.8) is 0 Å². The van der Waals surface area contributed by atoms with E-state index in [2.05, 4.69) is 17.1 Å². The Labute approximate surface area is 70.2 Å². The van der Waals surface area contributed by atoms with Gasteiger partial charge in [0.1, 0.15) is 0 Å². The van der Waals surface area contributed by atoms with E-state index in [0.717, 1.165) is 11.1 Å². The third-order valence-electron chi connectivity index (χ3n) is 1.43. The van der Waals surface area contributed by atoms with Crippen LogP contribution in [0.15, 0.2) is 30.8 Å². The molecule has 0 aromatic heterocycles. The normalized spacial score (nSPS) is 9.55. The summed E-state index contributed by atoms with van der Waals surface area (Å²) in [5, 5.41) is 0. The van der Waals surface area contributed by atoms with Crippen LogP contribution in [0.4, 0.5) is 0 Å². The summed E-state index contributed by atoms with van der Waals surface area (Å²) in [7, 11) is 2.95. The zero-order valence-corrected chi connectivity index (χ0v) is 7.21. The van der Waals surface area contributed by atoms with Crippen LogP contribution in [-0.4, -0.2) is 10.5 Å². The third kappa shape index (κ3) is 2.33. The summed E-state index contributed by atoms with van der Waals surface area (Å²) in [4.78, 5) is 0. The predicted octanol–water partition coefficient (Wildman–Crippen LogP) is 1.93. The molecule has 0 heterocycles. The van der Waals surface area contributed by atoms with Crippen LogP contribution in [0.1, 0.15) is 11.1 Å². The molecule has 0 amide bonds. The number of hydrogen-bond acceptors (Lipinski definition) is 1. The van der Waals surface area contributed by atoms with E-state index in [-0.39, 0.29) is 0 Å². The zero-order valence-electron chi connectivity index (χ0n) is 6.21. The Morgan fingerprint density at radius 2 is 2.36 bits per heavy atom. The molecule has 1 nitrogen and oxygen atoms in total. The molecule has 0 N–H and O–H groups in total. The van der Waals surface area contributed by atoms with E-state index in [1.165, 1.54) is 0 Å². The highest BCUT2D eigenvalue weighted by Crippen LogP contribution is 2.06. The van der Waals surface area contributed by atoms with Gasteiger partial charge in [-0.1, -0.05) is 30.9 Å². The molecule has 0 unspecified atom stereocenters. The Balaban J connectivity index is 2.82. The van der Waals surface area contributed by atoms with Gasteiger partial charge in [0.25, 0.3) is 0 Å². The van der Waals surface area contributed by atoms with E-state index in [0.29, 0.717) is 6.61 Å². The maximum atomic E-state index is 4.80. The molecule has 0 aliphatic carbocycles. The predicted molar refractivity (Wildman–Crippen MR) is 47.1 cm³/mol. The van der Waals surface area contributed by atoms with E-state index in [4.69, 9.17) is 4.43 Å². The second-order valence-electron chi connectivity index (χ2n) is 2.24. The lowest BCUT2D eigenvalue weighted by Gasteiger charge is -1.99. The molecule has 55 valence electrons. The van der Waals surface area contributed by atoms with Crippen molar-refractivity contribution in [1.29, 1.82) is 0 Å². The van der Waals surface area contributed by atoms with Crippen LogP contribution in [0.5, 0.6) is 0 Å². The summed E-state index contributed by atoms with van der Waals surface area (Å²) >= 11 is 0. The topological polar surface area (TPSA) is 9.23 Å². The van der Waals surface area contributed by atoms with Crippen molar-refractivity contribution in [1.82, 2.24) is 0 Å². The fraction of sp³-hybridized carbons (Fsp3) is 0.111. The molecule has 0 fully saturated rings. The van der Waals surface area contributed by atoms with Crippen LogP contribution >= 0.6 is 0 Å². The van der Waals surface area contributed by atoms with Crippen molar-refractivity contribution in [3.05, 3.63) is 42.0 Å². The van der Waals surface area contributed by atoms with E-state index in [1.807, 2.05) is 30.3 Å². The smallest absolute Gasteiger partial charge is 0.246 e. The van der Waals surface area contributed by atoms with Crippen LogP contribution in [-0.2, 0) is 11.0 Å². The number of benzene rings is 1. The number of hydrogen-bond donors (Lipinski definition) is 0. The van der Waals surface area contributed by atoms with Gasteiger partial charge in [0.05, 0.1) is 6.61 Å². The molecule has 0 saturated heterocycles. The first-order valence-corrected chi connectivity index (χ1v) is 3.77. The monoisotopic (exact) mass is 161 g/mol. The molecule has 0 bridgehead atoms. The first-order valence-electron chi connectivity index (χ1n) is 3.36. The van der Waals surface area contributed by atoms with Crippen molar-refractivity contribution < 1.29 is 4.43 Å². The van der Waals surface area contributed by atoms with Crippen molar-refractivity contribution in [2.45, 2.75) is 6.61 Å². The summed E-state index contributed by atoms with van der Waals surface area (Å²) in [6, 6.07) is 8.03. The summed E-state index contributed by atoms with van der Waals surface area (Å²) in [6.45, 7) is 4.26. The van der Waals surface area contributed by atoms with E-state index >= 15 is 0 Å². The summed E-state index contributed by atoms with van der Waals surface area (Å²) < 4.78 is 4.80. The van der Waals surface area contributed by atoms with Crippen LogP contribution in [0, 0.1) is 0 Å². The second-order valence-corrected chi connectivity index (χ2v) is 2.53. The lowest BCUT2D eigenvalue weighted by Crippen LogP contribution is -1.87. The zero-order chi connectivity index (χ0) is 8.10. The van der Waals surface area contributed by atoms with Gasteiger partial charge in [-0.05, 0) is 17.2 Å². The molecule has 0 spiro atoms. The maximum Gasteiger partial charge on any atom is 0.246 e. The van der Waals surface area contributed by atoms with E-state index in [9.17, 15) is 0 Å². The lowest BCUT2D eigenvalue weighted by atomic mass is 10.1. The molecule has 1 aromatic rings. The highest BCUT2D eigenvalue weighted by molar-refractivity contribution is 5.97. The van der Waals surface area contributed by atoms with Crippen LogP contribution in [0.3, 0.4) is 0 Å². The Bertz CT molecular complexity index is 245. The van der Waals surface area contributed by atoms with Gasteiger partial charge in [-0.2, -0.15) is 0 Å². The summed E-state index contributed by atoms with van der Waals surface area (Å²) in [6.07, 6.45) is 1.82. The van der Waals surface area contributed by atoms with Crippen LogP contribution in [0.25, 0.3) is 6.08 Å². The minimum absolute atomic E-state index is 0.582. The largest absolute Gasteiger partial charge is 0.414 e. The third-order valence-corrected chi connectivity index (χ3v) is 1.57. The first kappa shape index (κ1) is 8.24. The number of rotatable bonds is 3. The highest BCUT2D eigenvalue weighted by atomic mass is 28.2. The summed E-state index contributed by atoms with van der Waals surface area (Å²) in [5.41, 5.74) is 2.25. The van der Waals surface area contributed by atoms with Crippen LogP contribution in [0.2, 0.25) is 0 Å². The fourth-order valence-electron chi connectivity index (χ4n) is 0.893. The van der Waals surface area contributed by atoms with Crippen molar-refractivity contribution in [2.75, 3.05) is 0 Å². The Morgan fingerprint density at radius 1 is 1.55 bits per heavy atom. The average Bonchev–Trinajstić information content (AvgIpc) is 2.06. The first-order chi connectivity index (χ1) is 5.36. The standard InChI is InChI=1S/C9H9OSi/c1-2-8-4-3-5-9(6-8)7-10-11/h2-6H,1,7H2. The average molecular weight is 161 g/mol. The molecule has 3 radical (unpaired) electrons. The fourth-order valence-corrected chi connectivity index (χ4v) is 1.06. The van der Waals surface area contributed by atoms with Gasteiger partial charge in [-0.25, -0.2) is 0 Å². The molecule has 0 atom stereocenters. The van der Waals surface area contributed by atoms with Gasteiger partial charge in [0.15, 0.2) is 0 Å². The Morgan fingerprint density at radius 3 is 3.00 bits per heavy atom. The lowest BCUT2D eigenvalue weighted by molar-refractivity contribution is 0.338. The van der Waals surface area contributed by atoms with E-state index in [1.54, 1.807) is 0 Å².